The first-order valence-corrected chi connectivity index (χ1v) is 7.27. The van der Waals surface area contributed by atoms with Crippen molar-refractivity contribution in [2.75, 3.05) is 5.01 Å². The molecule has 1 atom stereocenters. The summed E-state index contributed by atoms with van der Waals surface area (Å²) in [7, 11) is 0. The fourth-order valence-corrected chi connectivity index (χ4v) is 2.74. The number of nitrogens with zero attached hydrogens (tertiary/aromatic N) is 3. The highest BCUT2D eigenvalue weighted by Crippen LogP contribution is 2.36. The van der Waals surface area contributed by atoms with Crippen LogP contribution in [-0.2, 0) is 0 Å². The van der Waals surface area contributed by atoms with Crippen LogP contribution in [0.5, 0.6) is 0 Å². The lowest BCUT2D eigenvalue weighted by Crippen LogP contribution is -2.17. The Morgan fingerprint density at radius 2 is 1.91 bits per heavy atom. The Morgan fingerprint density at radius 1 is 1.00 bits per heavy atom. The van der Waals surface area contributed by atoms with Gasteiger partial charge in [-0.2, -0.15) is 5.10 Å². The predicted molar refractivity (Wildman–Crippen MR) is 85.8 cm³/mol. The largest absolute Gasteiger partial charge is 0.467 e. The maximum absolute atomic E-state index is 5.62. The number of furan rings is 1. The molecular weight excluding hydrogens is 274 g/mol. The third-order valence-corrected chi connectivity index (χ3v) is 3.80. The minimum absolute atomic E-state index is 0.0765. The molecule has 22 heavy (non-hydrogen) atoms. The second-order valence-electron chi connectivity index (χ2n) is 5.20. The van der Waals surface area contributed by atoms with Crippen molar-refractivity contribution in [1.82, 2.24) is 4.98 Å². The van der Waals surface area contributed by atoms with Crippen molar-refractivity contribution in [3.05, 3.63) is 84.6 Å². The summed E-state index contributed by atoms with van der Waals surface area (Å²) in [4.78, 5) is 4.19. The standard InChI is InChI=1S/C18H15N3O/c1-2-7-15(8-3-1)21-17(18-9-5-11-22-18)12-16(20-21)14-6-4-10-19-13-14/h1-11,13,17H,12H2. The second kappa shape index (κ2) is 5.48. The van der Waals surface area contributed by atoms with E-state index in [4.69, 9.17) is 9.52 Å². The lowest BCUT2D eigenvalue weighted by molar-refractivity contribution is 0.465. The molecular formula is C18H15N3O. The van der Waals surface area contributed by atoms with E-state index in [1.54, 1.807) is 12.5 Å². The Morgan fingerprint density at radius 3 is 2.64 bits per heavy atom. The molecule has 3 aromatic rings. The van der Waals surface area contributed by atoms with Crippen molar-refractivity contribution in [3.8, 4) is 0 Å². The van der Waals surface area contributed by atoms with Crippen LogP contribution >= 0.6 is 0 Å². The minimum atomic E-state index is 0.0765. The summed E-state index contributed by atoms with van der Waals surface area (Å²) in [6.07, 6.45) is 6.14. The maximum atomic E-state index is 5.62. The van der Waals surface area contributed by atoms with Crippen molar-refractivity contribution in [3.63, 3.8) is 0 Å². The monoisotopic (exact) mass is 289 g/mol. The number of aromatic nitrogens is 1. The molecule has 0 spiro atoms. The van der Waals surface area contributed by atoms with Crippen LogP contribution in [0.2, 0.25) is 0 Å². The van der Waals surface area contributed by atoms with Gasteiger partial charge in [-0.3, -0.25) is 9.99 Å². The van der Waals surface area contributed by atoms with Gasteiger partial charge in [-0.25, -0.2) is 0 Å². The predicted octanol–water partition coefficient (Wildman–Crippen LogP) is 4.03. The third-order valence-electron chi connectivity index (χ3n) is 3.80. The summed E-state index contributed by atoms with van der Waals surface area (Å²) < 4.78 is 5.62. The van der Waals surface area contributed by atoms with Gasteiger partial charge in [0.2, 0.25) is 0 Å². The van der Waals surface area contributed by atoms with Crippen LogP contribution in [0.1, 0.15) is 23.8 Å². The van der Waals surface area contributed by atoms with Gasteiger partial charge in [-0.15, -0.1) is 0 Å². The van der Waals surface area contributed by atoms with E-state index in [2.05, 4.69) is 17.1 Å². The molecule has 3 heterocycles. The zero-order valence-electron chi connectivity index (χ0n) is 12.0. The van der Waals surface area contributed by atoms with E-state index in [-0.39, 0.29) is 6.04 Å². The molecule has 1 aliphatic rings. The topological polar surface area (TPSA) is 41.6 Å². The first kappa shape index (κ1) is 12.8. The molecule has 0 fully saturated rings. The number of para-hydroxylation sites is 1. The quantitative estimate of drug-likeness (QED) is 0.731. The number of rotatable bonds is 3. The molecule has 0 N–H and O–H groups in total. The van der Waals surface area contributed by atoms with Gasteiger partial charge in [-0.05, 0) is 30.3 Å². The summed E-state index contributed by atoms with van der Waals surface area (Å²) in [5.74, 6) is 0.923. The van der Waals surface area contributed by atoms with Crippen molar-refractivity contribution in [2.45, 2.75) is 12.5 Å². The molecule has 0 saturated carbocycles. The van der Waals surface area contributed by atoms with Gasteiger partial charge in [-0.1, -0.05) is 24.3 Å². The first-order valence-electron chi connectivity index (χ1n) is 7.27. The average molecular weight is 289 g/mol. The van der Waals surface area contributed by atoms with Gasteiger partial charge in [0, 0.05) is 24.4 Å². The summed E-state index contributed by atoms with van der Waals surface area (Å²) >= 11 is 0. The maximum Gasteiger partial charge on any atom is 0.128 e. The summed E-state index contributed by atoms with van der Waals surface area (Å²) in [6, 6.07) is 18.1. The molecule has 1 aliphatic heterocycles. The molecule has 2 aromatic heterocycles. The molecule has 0 saturated heterocycles. The smallest absolute Gasteiger partial charge is 0.128 e. The van der Waals surface area contributed by atoms with Crippen LogP contribution in [0.15, 0.2) is 82.8 Å². The molecule has 1 unspecified atom stereocenters. The first-order chi connectivity index (χ1) is 10.9. The number of anilines is 1. The van der Waals surface area contributed by atoms with Crippen LogP contribution in [0, 0.1) is 0 Å². The van der Waals surface area contributed by atoms with Gasteiger partial charge in [0.05, 0.1) is 17.7 Å². The third kappa shape index (κ3) is 2.29. The number of pyridine rings is 1. The molecule has 0 radical (unpaired) electrons. The Bertz CT molecular complexity index is 767. The normalized spacial score (nSPS) is 17.5. The van der Waals surface area contributed by atoms with Crippen LogP contribution in [0.4, 0.5) is 5.69 Å². The zero-order chi connectivity index (χ0) is 14.8. The minimum Gasteiger partial charge on any atom is -0.467 e. The van der Waals surface area contributed by atoms with Crippen LogP contribution in [0.3, 0.4) is 0 Å². The summed E-state index contributed by atoms with van der Waals surface area (Å²) in [5, 5.41) is 6.84. The van der Waals surface area contributed by atoms with Crippen molar-refractivity contribution in [2.24, 2.45) is 5.10 Å². The number of hydrogen-bond donors (Lipinski definition) is 0. The van der Waals surface area contributed by atoms with Crippen LogP contribution < -0.4 is 5.01 Å². The van der Waals surface area contributed by atoms with Gasteiger partial charge in [0.25, 0.3) is 0 Å². The molecule has 4 nitrogen and oxygen atoms in total. The van der Waals surface area contributed by atoms with Crippen molar-refractivity contribution in [1.29, 1.82) is 0 Å². The zero-order valence-corrected chi connectivity index (χ0v) is 12.0. The van der Waals surface area contributed by atoms with Crippen molar-refractivity contribution >= 4 is 11.4 Å². The fourth-order valence-electron chi connectivity index (χ4n) is 2.74. The van der Waals surface area contributed by atoms with Gasteiger partial charge in [0.1, 0.15) is 11.8 Å². The Hall–Kier alpha value is -2.88. The Kier molecular flexibility index (Phi) is 3.20. The number of hydrazone groups is 1. The SMILES string of the molecule is c1ccc(N2N=C(c3cccnc3)CC2c2ccco2)cc1. The Balaban J connectivity index is 1.75. The average Bonchev–Trinajstić information content (AvgIpc) is 3.26. The van der Waals surface area contributed by atoms with E-state index in [1.807, 2.05) is 53.7 Å². The van der Waals surface area contributed by atoms with E-state index in [9.17, 15) is 0 Å². The van der Waals surface area contributed by atoms with Crippen molar-refractivity contribution < 1.29 is 4.42 Å². The molecule has 0 aliphatic carbocycles. The molecule has 0 bridgehead atoms. The van der Waals surface area contributed by atoms with E-state index >= 15 is 0 Å². The summed E-state index contributed by atoms with van der Waals surface area (Å²) in [5.41, 5.74) is 3.14. The molecule has 1 aromatic carbocycles. The number of benzene rings is 1. The highest BCUT2D eigenvalue weighted by atomic mass is 16.3. The van der Waals surface area contributed by atoms with E-state index in [1.165, 1.54) is 0 Å². The van der Waals surface area contributed by atoms with Gasteiger partial charge >= 0.3 is 0 Å². The Labute approximate surface area is 128 Å². The van der Waals surface area contributed by atoms with Gasteiger partial charge in [0.15, 0.2) is 0 Å². The second-order valence-corrected chi connectivity index (χ2v) is 5.20. The van der Waals surface area contributed by atoms with Crippen LogP contribution in [0.25, 0.3) is 0 Å². The molecule has 4 rings (SSSR count). The molecule has 108 valence electrons. The molecule has 4 heteroatoms. The van der Waals surface area contributed by atoms with Gasteiger partial charge < -0.3 is 4.42 Å². The lowest BCUT2D eigenvalue weighted by atomic mass is 10.0. The van der Waals surface area contributed by atoms with E-state index in [0.29, 0.717) is 0 Å². The lowest BCUT2D eigenvalue weighted by Gasteiger charge is -2.21. The highest BCUT2D eigenvalue weighted by Gasteiger charge is 2.31. The highest BCUT2D eigenvalue weighted by molar-refractivity contribution is 6.03. The fraction of sp³-hybridized carbons (Fsp3) is 0.111. The van der Waals surface area contributed by atoms with Crippen LogP contribution in [-0.4, -0.2) is 10.7 Å². The van der Waals surface area contributed by atoms with E-state index in [0.717, 1.165) is 29.1 Å². The van der Waals surface area contributed by atoms with E-state index < -0.39 is 0 Å². The number of hydrogen-bond acceptors (Lipinski definition) is 4. The molecule has 0 amide bonds. The summed E-state index contributed by atoms with van der Waals surface area (Å²) in [6.45, 7) is 0.